The van der Waals surface area contributed by atoms with Gasteiger partial charge in [0.2, 0.25) is 5.95 Å². The first-order valence-electron chi connectivity index (χ1n) is 13.8. The van der Waals surface area contributed by atoms with Crippen molar-refractivity contribution in [1.29, 1.82) is 0 Å². The normalized spacial score (nSPS) is 16.1. The maximum atomic E-state index is 13.8. The van der Waals surface area contributed by atoms with Gasteiger partial charge in [0.05, 0.1) is 29.2 Å². The van der Waals surface area contributed by atoms with Crippen molar-refractivity contribution in [2.45, 2.75) is 38.5 Å². The molecule has 1 fully saturated rings. The predicted octanol–water partition coefficient (Wildman–Crippen LogP) is 6.38. The zero-order chi connectivity index (χ0) is 27.5. The first kappa shape index (κ1) is 26.1. The quantitative estimate of drug-likeness (QED) is 0.236. The van der Waals surface area contributed by atoms with Crippen molar-refractivity contribution in [2.24, 2.45) is 0 Å². The van der Waals surface area contributed by atoms with Gasteiger partial charge < -0.3 is 10.1 Å². The molecule has 1 saturated heterocycles. The lowest BCUT2D eigenvalue weighted by Gasteiger charge is -2.20. The molecule has 3 aromatic heterocycles. The number of hydrogen-bond acceptors (Lipinski definition) is 6. The average molecular weight is 537 g/mol. The molecule has 5 aromatic rings. The van der Waals surface area contributed by atoms with E-state index >= 15 is 0 Å². The van der Waals surface area contributed by atoms with Crippen LogP contribution in [0, 0.1) is 5.82 Å². The Morgan fingerprint density at radius 3 is 2.67 bits per heavy atom. The smallest absolute Gasteiger partial charge is 0.223 e. The fourth-order valence-electron chi connectivity index (χ4n) is 5.33. The van der Waals surface area contributed by atoms with Gasteiger partial charge in [0.15, 0.2) is 0 Å². The summed E-state index contributed by atoms with van der Waals surface area (Å²) in [7, 11) is 2.12. The number of aromatic nitrogens is 4. The third kappa shape index (κ3) is 5.73. The summed E-state index contributed by atoms with van der Waals surface area (Å²) in [5.41, 5.74) is 6.25. The number of fused-ring (bicyclic) bond motifs is 1. The van der Waals surface area contributed by atoms with Crippen molar-refractivity contribution >= 4 is 11.6 Å². The van der Waals surface area contributed by atoms with Crippen LogP contribution in [0.1, 0.15) is 36.9 Å². The van der Waals surface area contributed by atoms with Crippen LogP contribution in [-0.4, -0.2) is 50.6 Å². The van der Waals surface area contributed by atoms with Gasteiger partial charge in [0.25, 0.3) is 0 Å². The largest absolute Gasteiger partial charge is 0.377 e. The Balaban J connectivity index is 1.35. The van der Waals surface area contributed by atoms with Crippen LogP contribution in [-0.2, 0) is 11.3 Å². The molecule has 0 spiro atoms. The molecular formula is C32H33FN6O. The van der Waals surface area contributed by atoms with Gasteiger partial charge in [0.1, 0.15) is 11.5 Å². The SMILES string of the molecule is C[C@H](Nc1nccc(-c2c(-c3ccc(F)cc3)nc3cc(CN(C)CC4CCCO4)ccn23)n1)c1ccccc1. The van der Waals surface area contributed by atoms with Gasteiger partial charge in [-0.25, -0.2) is 19.3 Å². The number of halogens is 1. The molecule has 7 nitrogen and oxygen atoms in total. The number of imidazole rings is 1. The van der Waals surface area contributed by atoms with Crippen molar-refractivity contribution < 1.29 is 9.13 Å². The van der Waals surface area contributed by atoms with Gasteiger partial charge in [-0.3, -0.25) is 9.30 Å². The van der Waals surface area contributed by atoms with Crippen molar-refractivity contribution in [2.75, 3.05) is 25.5 Å². The van der Waals surface area contributed by atoms with Gasteiger partial charge in [-0.15, -0.1) is 0 Å². The molecule has 1 aliphatic heterocycles. The fraction of sp³-hybridized carbons (Fsp3) is 0.281. The average Bonchev–Trinajstić information content (AvgIpc) is 3.61. The third-order valence-electron chi connectivity index (χ3n) is 7.34. The van der Waals surface area contributed by atoms with Crippen molar-refractivity contribution in [3.05, 3.63) is 102 Å². The van der Waals surface area contributed by atoms with Gasteiger partial charge >= 0.3 is 0 Å². The van der Waals surface area contributed by atoms with Gasteiger partial charge in [0, 0.05) is 37.7 Å². The molecule has 1 N–H and O–H groups in total. The lowest BCUT2D eigenvalue weighted by Crippen LogP contribution is -2.28. The summed E-state index contributed by atoms with van der Waals surface area (Å²) in [5, 5.41) is 3.42. The van der Waals surface area contributed by atoms with E-state index in [1.807, 2.05) is 30.5 Å². The molecular weight excluding hydrogens is 503 g/mol. The molecule has 1 aliphatic rings. The molecule has 8 heteroatoms. The van der Waals surface area contributed by atoms with E-state index < -0.39 is 0 Å². The van der Waals surface area contributed by atoms with Gasteiger partial charge in [-0.2, -0.15) is 0 Å². The Morgan fingerprint density at radius 1 is 1.07 bits per heavy atom. The molecule has 204 valence electrons. The first-order chi connectivity index (χ1) is 19.5. The second kappa shape index (κ2) is 11.5. The minimum Gasteiger partial charge on any atom is -0.377 e. The molecule has 4 heterocycles. The number of hydrogen-bond donors (Lipinski definition) is 1. The van der Waals surface area contributed by atoms with Gasteiger partial charge in [-0.1, -0.05) is 30.3 Å². The summed E-state index contributed by atoms with van der Waals surface area (Å²) in [5.74, 6) is 0.246. The fourth-order valence-corrected chi connectivity index (χ4v) is 5.33. The zero-order valence-corrected chi connectivity index (χ0v) is 22.8. The Bertz CT molecular complexity index is 1580. The standard InChI is InChI=1S/C32H33FN6O/c1-22(24-7-4-3-5-8-24)35-32-34-16-14-28(36-32)31-30(25-10-12-26(33)13-11-25)37-29-19-23(15-17-39(29)31)20-38(2)21-27-9-6-18-40-27/h3-5,7-8,10-17,19,22,27H,6,9,18,20-21H2,1-2H3,(H,34,35,36)/t22-,27?/m0/s1. The van der Waals surface area contributed by atoms with E-state index in [0.29, 0.717) is 12.1 Å². The molecule has 6 rings (SSSR count). The zero-order valence-electron chi connectivity index (χ0n) is 22.8. The Morgan fingerprint density at radius 2 is 1.90 bits per heavy atom. The number of nitrogens with zero attached hydrogens (tertiary/aromatic N) is 5. The predicted molar refractivity (Wildman–Crippen MR) is 155 cm³/mol. The highest BCUT2D eigenvalue weighted by Crippen LogP contribution is 2.33. The molecule has 0 saturated carbocycles. The van der Waals surface area contributed by atoms with E-state index in [1.165, 1.54) is 12.1 Å². The Hall–Kier alpha value is -4.14. The minimum atomic E-state index is -0.283. The molecule has 2 atom stereocenters. The summed E-state index contributed by atoms with van der Waals surface area (Å²) >= 11 is 0. The molecule has 0 radical (unpaired) electrons. The van der Waals surface area contributed by atoms with Crippen LogP contribution in [0.5, 0.6) is 0 Å². The topological polar surface area (TPSA) is 67.6 Å². The molecule has 1 unspecified atom stereocenters. The number of likely N-dealkylation sites (N-methyl/N-ethyl adjacent to an activating group) is 1. The van der Waals surface area contributed by atoms with E-state index in [-0.39, 0.29) is 11.9 Å². The molecule has 0 bridgehead atoms. The maximum absolute atomic E-state index is 13.8. The van der Waals surface area contributed by atoms with Crippen molar-refractivity contribution in [3.63, 3.8) is 0 Å². The van der Waals surface area contributed by atoms with Crippen LogP contribution in [0.2, 0.25) is 0 Å². The van der Waals surface area contributed by atoms with Crippen LogP contribution in [0.4, 0.5) is 10.3 Å². The molecule has 0 amide bonds. The third-order valence-corrected chi connectivity index (χ3v) is 7.34. The van der Waals surface area contributed by atoms with Gasteiger partial charge in [-0.05, 0) is 80.4 Å². The van der Waals surface area contributed by atoms with E-state index in [2.05, 4.69) is 57.8 Å². The van der Waals surface area contributed by atoms with E-state index in [0.717, 1.165) is 72.0 Å². The lowest BCUT2D eigenvalue weighted by atomic mass is 10.1. The number of rotatable bonds is 9. The summed E-state index contributed by atoms with van der Waals surface area (Å²) in [6.07, 6.45) is 6.36. The first-order valence-corrected chi connectivity index (χ1v) is 13.8. The van der Waals surface area contributed by atoms with Crippen molar-refractivity contribution in [3.8, 4) is 22.6 Å². The summed E-state index contributed by atoms with van der Waals surface area (Å²) in [6, 6.07) is 22.8. The summed E-state index contributed by atoms with van der Waals surface area (Å²) in [6.45, 7) is 4.65. The number of nitrogens with one attached hydrogen (secondary N) is 1. The number of pyridine rings is 1. The highest BCUT2D eigenvalue weighted by atomic mass is 19.1. The monoisotopic (exact) mass is 536 g/mol. The minimum absolute atomic E-state index is 0.0318. The Kier molecular flexibility index (Phi) is 7.53. The highest BCUT2D eigenvalue weighted by molar-refractivity contribution is 5.80. The second-order valence-corrected chi connectivity index (χ2v) is 10.5. The maximum Gasteiger partial charge on any atom is 0.223 e. The second-order valence-electron chi connectivity index (χ2n) is 10.5. The van der Waals surface area contributed by atoms with Crippen LogP contribution in [0.3, 0.4) is 0 Å². The Labute approximate surface area is 233 Å². The van der Waals surface area contributed by atoms with E-state index in [1.54, 1.807) is 18.3 Å². The molecule has 0 aliphatic carbocycles. The van der Waals surface area contributed by atoms with Crippen LogP contribution in [0.15, 0.2) is 85.2 Å². The summed E-state index contributed by atoms with van der Waals surface area (Å²) in [4.78, 5) is 16.7. The lowest BCUT2D eigenvalue weighted by molar-refractivity contribution is 0.0793. The van der Waals surface area contributed by atoms with E-state index in [9.17, 15) is 4.39 Å². The summed E-state index contributed by atoms with van der Waals surface area (Å²) < 4.78 is 21.7. The molecule has 2 aromatic carbocycles. The number of ether oxygens (including phenoxy) is 1. The van der Waals surface area contributed by atoms with Crippen molar-refractivity contribution in [1.82, 2.24) is 24.3 Å². The number of anilines is 1. The highest BCUT2D eigenvalue weighted by Gasteiger charge is 2.20. The molecule has 40 heavy (non-hydrogen) atoms. The van der Waals surface area contributed by atoms with Crippen LogP contribution >= 0.6 is 0 Å². The van der Waals surface area contributed by atoms with E-state index in [4.69, 9.17) is 14.7 Å². The number of benzene rings is 2. The van der Waals surface area contributed by atoms with Crippen LogP contribution in [0.25, 0.3) is 28.3 Å². The van der Waals surface area contributed by atoms with Crippen LogP contribution < -0.4 is 5.32 Å².